The third kappa shape index (κ3) is 6.29. The van der Waals surface area contributed by atoms with E-state index in [0.717, 1.165) is 30.3 Å². The van der Waals surface area contributed by atoms with Crippen LogP contribution in [-0.2, 0) is 0 Å². The molecule has 1 aliphatic carbocycles. The van der Waals surface area contributed by atoms with Gasteiger partial charge in [0.15, 0.2) is 0 Å². The number of hydrogen-bond donors (Lipinski definition) is 1. The van der Waals surface area contributed by atoms with E-state index in [9.17, 15) is 0 Å². The molecule has 1 rings (SSSR count). The Morgan fingerprint density at radius 2 is 1.74 bits per heavy atom. The minimum atomic E-state index is 0.811. The molecule has 0 spiro atoms. The predicted octanol–water partition coefficient (Wildman–Crippen LogP) is 5.40. The van der Waals surface area contributed by atoms with E-state index in [1.54, 1.807) is 0 Å². The van der Waals surface area contributed by atoms with Crippen molar-refractivity contribution in [2.45, 2.75) is 91.5 Å². The summed E-state index contributed by atoms with van der Waals surface area (Å²) in [5.41, 5.74) is 0. The Balaban J connectivity index is 2.34. The molecule has 0 aromatic rings. The fourth-order valence-corrected chi connectivity index (χ4v) is 3.77. The Morgan fingerprint density at radius 1 is 1.00 bits per heavy atom. The summed E-state index contributed by atoms with van der Waals surface area (Å²) in [6, 6.07) is 0.811. The average Bonchev–Trinajstić information content (AvgIpc) is 2.40. The Morgan fingerprint density at radius 3 is 2.37 bits per heavy atom. The van der Waals surface area contributed by atoms with Crippen molar-refractivity contribution in [2.24, 2.45) is 17.8 Å². The minimum absolute atomic E-state index is 0.811. The van der Waals surface area contributed by atoms with Crippen LogP contribution in [0.15, 0.2) is 0 Å². The second-order valence-corrected chi connectivity index (χ2v) is 6.94. The third-order valence-corrected chi connectivity index (χ3v) is 5.11. The van der Waals surface area contributed by atoms with Crippen LogP contribution in [-0.4, -0.2) is 12.6 Å². The van der Waals surface area contributed by atoms with Gasteiger partial charge < -0.3 is 5.32 Å². The van der Waals surface area contributed by atoms with Crippen LogP contribution >= 0.6 is 0 Å². The standard InChI is InChI=1S/C18H37N/c1-5-7-8-9-10-11-17-14-16(15(3)4)12-13-18(17)19-6-2/h15-19H,5-14H2,1-4H3. The number of rotatable bonds is 9. The first-order chi connectivity index (χ1) is 9.19. The molecule has 0 bridgehead atoms. The number of unbranched alkanes of at least 4 members (excludes halogenated alkanes) is 4. The largest absolute Gasteiger partial charge is 0.314 e. The van der Waals surface area contributed by atoms with Crippen molar-refractivity contribution in [1.82, 2.24) is 5.32 Å². The smallest absolute Gasteiger partial charge is 0.00954 e. The van der Waals surface area contributed by atoms with Crippen LogP contribution in [0.4, 0.5) is 0 Å². The lowest BCUT2D eigenvalue weighted by atomic mass is 9.72. The van der Waals surface area contributed by atoms with E-state index < -0.39 is 0 Å². The fourth-order valence-electron chi connectivity index (χ4n) is 3.77. The summed E-state index contributed by atoms with van der Waals surface area (Å²) in [4.78, 5) is 0. The first-order valence-corrected chi connectivity index (χ1v) is 8.92. The first kappa shape index (κ1) is 17.0. The Kier molecular flexibility index (Phi) is 8.77. The van der Waals surface area contributed by atoms with E-state index in [1.165, 1.54) is 57.8 Å². The highest BCUT2D eigenvalue weighted by Gasteiger charge is 2.30. The van der Waals surface area contributed by atoms with Crippen LogP contribution in [0.5, 0.6) is 0 Å². The molecule has 0 radical (unpaired) electrons. The molecule has 0 aromatic carbocycles. The van der Waals surface area contributed by atoms with Gasteiger partial charge in [0.05, 0.1) is 0 Å². The van der Waals surface area contributed by atoms with Crippen molar-refractivity contribution in [1.29, 1.82) is 0 Å². The maximum atomic E-state index is 3.75. The summed E-state index contributed by atoms with van der Waals surface area (Å²) >= 11 is 0. The second-order valence-electron chi connectivity index (χ2n) is 6.94. The molecule has 0 saturated heterocycles. The molecule has 0 heterocycles. The van der Waals surface area contributed by atoms with Gasteiger partial charge in [-0.1, -0.05) is 59.8 Å². The Labute approximate surface area is 121 Å². The molecule has 3 atom stereocenters. The molecule has 1 nitrogen and oxygen atoms in total. The molecule has 0 aromatic heterocycles. The van der Waals surface area contributed by atoms with E-state index in [4.69, 9.17) is 0 Å². The molecule has 1 saturated carbocycles. The van der Waals surface area contributed by atoms with Crippen LogP contribution in [0.1, 0.15) is 85.5 Å². The van der Waals surface area contributed by atoms with Gasteiger partial charge in [0, 0.05) is 6.04 Å². The van der Waals surface area contributed by atoms with Crippen molar-refractivity contribution >= 4 is 0 Å². The van der Waals surface area contributed by atoms with Crippen LogP contribution in [0.25, 0.3) is 0 Å². The van der Waals surface area contributed by atoms with Gasteiger partial charge in [-0.15, -0.1) is 0 Å². The zero-order valence-corrected chi connectivity index (χ0v) is 13.9. The maximum absolute atomic E-state index is 3.75. The monoisotopic (exact) mass is 267 g/mol. The quantitative estimate of drug-likeness (QED) is 0.552. The summed E-state index contributed by atoms with van der Waals surface area (Å²) in [5.74, 6) is 2.81. The summed E-state index contributed by atoms with van der Waals surface area (Å²) < 4.78 is 0. The molecule has 1 N–H and O–H groups in total. The first-order valence-electron chi connectivity index (χ1n) is 8.92. The summed E-state index contributed by atoms with van der Waals surface area (Å²) in [6.07, 6.45) is 12.9. The zero-order valence-electron chi connectivity index (χ0n) is 13.9. The van der Waals surface area contributed by atoms with Gasteiger partial charge in [0.25, 0.3) is 0 Å². The van der Waals surface area contributed by atoms with Gasteiger partial charge in [-0.2, -0.15) is 0 Å². The van der Waals surface area contributed by atoms with Crippen LogP contribution in [0.3, 0.4) is 0 Å². The topological polar surface area (TPSA) is 12.0 Å². The molecule has 1 aliphatic rings. The highest BCUT2D eigenvalue weighted by molar-refractivity contribution is 4.85. The molecule has 3 unspecified atom stereocenters. The van der Waals surface area contributed by atoms with E-state index in [2.05, 4.69) is 33.0 Å². The summed E-state index contributed by atoms with van der Waals surface area (Å²) in [5, 5.41) is 3.75. The average molecular weight is 268 g/mol. The van der Waals surface area contributed by atoms with E-state index in [1.807, 2.05) is 0 Å². The van der Waals surface area contributed by atoms with Crippen molar-refractivity contribution in [2.75, 3.05) is 6.54 Å². The van der Waals surface area contributed by atoms with Gasteiger partial charge in [-0.05, 0) is 50.0 Å². The molecule has 0 aliphatic heterocycles. The van der Waals surface area contributed by atoms with Crippen molar-refractivity contribution in [3.8, 4) is 0 Å². The van der Waals surface area contributed by atoms with Crippen LogP contribution in [0, 0.1) is 17.8 Å². The predicted molar refractivity (Wildman–Crippen MR) is 86.5 cm³/mol. The van der Waals surface area contributed by atoms with Crippen molar-refractivity contribution in [3.63, 3.8) is 0 Å². The van der Waals surface area contributed by atoms with Gasteiger partial charge in [-0.25, -0.2) is 0 Å². The molecule has 1 fully saturated rings. The Hall–Kier alpha value is -0.0400. The van der Waals surface area contributed by atoms with E-state index >= 15 is 0 Å². The van der Waals surface area contributed by atoms with Gasteiger partial charge in [0.1, 0.15) is 0 Å². The van der Waals surface area contributed by atoms with Crippen molar-refractivity contribution < 1.29 is 0 Å². The van der Waals surface area contributed by atoms with Crippen LogP contribution < -0.4 is 5.32 Å². The van der Waals surface area contributed by atoms with E-state index in [-0.39, 0.29) is 0 Å². The third-order valence-electron chi connectivity index (χ3n) is 5.11. The zero-order chi connectivity index (χ0) is 14.1. The van der Waals surface area contributed by atoms with Crippen molar-refractivity contribution in [3.05, 3.63) is 0 Å². The van der Waals surface area contributed by atoms with Gasteiger partial charge >= 0.3 is 0 Å². The van der Waals surface area contributed by atoms with E-state index in [0.29, 0.717) is 0 Å². The molecule has 114 valence electrons. The lowest BCUT2D eigenvalue weighted by molar-refractivity contribution is 0.159. The molecule has 19 heavy (non-hydrogen) atoms. The lowest BCUT2D eigenvalue weighted by Gasteiger charge is -2.38. The lowest BCUT2D eigenvalue weighted by Crippen LogP contribution is -2.41. The molecular formula is C18H37N. The summed E-state index contributed by atoms with van der Waals surface area (Å²) in [6.45, 7) is 10.5. The SMILES string of the molecule is CCCCCCCC1CC(C(C)C)CCC1NCC. The number of nitrogens with one attached hydrogen (secondary N) is 1. The highest BCUT2D eigenvalue weighted by atomic mass is 14.9. The summed E-state index contributed by atoms with van der Waals surface area (Å²) in [7, 11) is 0. The van der Waals surface area contributed by atoms with Gasteiger partial charge in [0.2, 0.25) is 0 Å². The minimum Gasteiger partial charge on any atom is -0.314 e. The molecule has 1 heteroatoms. The molecule has 0 amide bonds. The fraction of sp³-hybridized carbons (Fsp3) is 1.00. The van der Waals surface area contributed by atoms with Gasteiger partial charge in [-0.3, -0.25) is 0 Å². The Bertz CT molecular complexity index is 212. The molecular weight excluding hydrogens is 230 g/mol. The second kappa shape index (κ2) is 9.80. The van der Waals surface area contributed by atoms with Crippen LogP contribution in [0.2, 0.25) is 0 Å². The number of hydrogen-bond acceptors (Lipinski definition) is 1. The maximum Gasteiger partial charge on any atom is 0.00954 e. The normalized spacial score (nSPS) is 27.9. The highest BCUT2D eigenvalue weighted by Crippen LogP contribution is 2.36.